The Balaban J connectivity index is 0.000000155. The van der Waals surface area contributed by atoms with Gasteiger partial charge in [0.1, 0.15) is 17.6 Å². The molecule has 2 aliphatic heterocycles. The van der Waals surface area contributed by atoms with Crippen molar-refractivity contribution in [2.75, 3.05) is 17.7 Å². The molecule has 0 bridgehead atoms. The number of ketones is 1. The molecule has 0 aliphatic carbocycles. The van der Waals surface area contributed by atoms with Gasteiger partial charge in [-0.15, -0.1) is 0 Å². The number of rotatable bonds is 7. The summed E-state index contributed by atoms with van der Waals surface area (Å²) in [4.78, 5) is 47.5. The van der Waals surface area contributed by atoms with Gasteiger partial charge in [-0.2, -0.15) is 5.10 Å². The third-order valence-corrected chi connectivity index (χ3v) is 10.5. The van der Waals surface area contributed by atoms with Gasteiger partial charge in [0.15, 0.2) is 5.78 Å². The van der Waals surface area contributed by atoms with Crippen LogP contribution in [0.15, 0.2) is 127 Å². The fourth-order valence-electron chi connectivity index (χ4n) is 7.92. The van der Waals surface area contributed by atoms with Gasteiger partial charge >= 0.3 is 5.97 Å². The minimum absolute atomic E-state index is 0.0320. The molecule has 0 saturated carbocycles. The van der Waals surface area contributed by atoms with Crippen LogP contribution in [0.4, 0.5) is 11.4 Å². The number of aryl methyl sites for hydroxylation is 2. The molecule has 4 aromatic carbocycles. The van der Waals surface area contributed by atoms with E-state index in [-0.39, 0.29) is 34.9 Å². The summed E-state index contributed by atoms with van der Waals surface area (Å²) in [6.45, 7) is 5.63. The number of imidazole rings is 2. The van der Waals surface area contributed by atoms with E-state index in [0.29, 0.717) is 29.0 Å². The molecule has 2 aliphatic rings. The largest absolute Gasteiger partial charge is 0.465 e. The van der Waals surface area contributed by atoms with E-state index in [2.05, 4.69) is 54.4 Å². The lowest BCUT2D eigenvalue weighted by atomic mass is 9.80. The highest BCUT2D eigenvalue weighted by Crippen LogP contribution is 2.46. The summed E-state index contributed by atoms with van der Waals surface area (Å²) >= 11 is 0. The van der Waals surface area contributed by atoms with E-state index >= 15 is 0 Å². The van der Waals surface area contributed by atoms with Gasteiger partial charge < -0.3 is 24.5 Å². The predicted octanol–water partition coefficient (Wildman–Crippen LogP) is 7.26. The van der Waals surface area contributed by atoms with Gasteiger partial charge in [-0.25, -0.2) is 19.9 Å². The van der Waals surface area contributed by atoms with Crippen molar-refractivity contribution in [3.05, 3.63) is 172 Å². The summed E-state index contributed by atoms with van der Waals surface area (Å²) in [7, 11) is 1.32. The van der Waals surface area contributed by atoms with Crippen molar-refractivity contribution >= 4 is 33.9 Å². The zero-order chi connectivity index (χ0) is 38.1. The van der Waals surface area contributed by atoms with Crippen molar-refractivity contribution in [1.29, 1.82) is 0 Å². The van der Waals surface area contributed by atoms with E-state index in [0.717, 1.165) is 40.3 Å². The number of fused-ring (bicyclic) bond motifs is 1. The van der Waals surface area contributed by atoms with Gasteiger partial charge in [-0.3, -0.25) is 9.59 Å². The molecule has 3 aromatic heterocycles. The fourth-order valence-corrected chi connectivity index (χ4v) is 7.92. The molecule has 12 nitrogen and oxygen atoms in total. The molecule has 7 aromatic rings. The molecule has 55 heavy (non-hydrogen) atoms. The van der Waals surface area contributed by atoms with Crippen LogP contribution in [0.3, 0.4) is 0 Å². The Morgan fingerprint density at radius 3 is 1.89 bits per heavy atom. The maximum absolute atomic E-state index is 13.7. The zero-order valence-corrected chi connectivity index (χ0v) is 30.6. The van der Waals surface area contributed by atoms with E-state index in [9.17, 15) is 14.4 Å². The van der Waals surface area contributed by atoms with Crippen molar-refractivity contribution in [1.82, 2.24) is 29.3 Å². The summed E-state index contributed by atoms with van der Waals surface area (Å²) in [5, 5.41) is 15.8. The topological polar surface area (TPSA) is 149 Å². The highest BCUT2D eigenvalue weighted by molar-refractivity contribution is 6.14. The fraction of sp³-hybridized carbons (Fsp3) is 0.209. The first-order chi connectivity index (χ1) is 26.9. The summed E-state index contributed by atoms with van der Waals surface area (Å²) < 4.78 is 8.99. The lowest BCUT2D eigenvalue weighted by molar-refractivity contribution is 0.0596. The van der Waals surface area contributed by atoms with Crippen LogP contribution in [0, 0.1) is 0 Å². The number of aromatic amines is 1. The van der Waals surface area contributed by atoms with E-state index in [1.807, 2.05) is 103 Å². The number of methoxy groups -OCH3 is 1. The molecular weight excluding hydrogens is 693 g/mol. The first-order valence-electron chi connectivity index (χ1n) is 18.3. The quantitative estimate of drug-likeness (QED) is 0.144. The Labute approximate surface area is 317 Å². The van der Waals surface area contributed by atoms with Crippen LogP contribution in [-0.2, 0) is 17.8 Å². The molecular formula is C43H40N8O4. The lowest BCUT2D eigenvalue weighted by Crippen LogP contribution is -2.35. The van der Waals surface area contributed by atoms with Crippen LogP contribution in [0.25, 0.3) is 10.8 Å². The molecule has 5 heterocycles. The minimum Gasteiger partial charge on any atom is -0.465 e. The molecule has 9 rings (SSSR count). The molecule has 0 saturated heterocycles. The second-order valence-electron chi connectivity index (χ2n) is 13.4. The summed E-state index contributed by atoms with van der Waals surface area (Å²) in [5.41, 5.74) is 5.01. The van der Waals surface area contributed by atoms with E-state index in [1.54, 1.807) is 18.3 Å². The zero-order valence-electron chi connectivity index (χ0n) is 30.6. The first-order valence-corrected chi connectivity index (χ1v) is 18.3. The molecule has 3 N–H and O–H groups in total. The van der Waals surface area contributed by atoms with Crippen LogP contribution in [0.5, 0.6) is 0 Å². The summed E-state index contributed by atoms with van der Waals surface area (Å²) in [6.07, 6.45) is 7.38. The Kier molecular flexibility index (Phi) is 9.54. The number of nitrogens with one attached hydrogen (secondary N) is 3. The van der Waals surface area contributed by atoms with Crippen molar-refractivity contribution < 1.29 is 14.3 Å². The van der Waals surface area contributed by atoms with Gasteiger partial charge in [0.2, 0.25) is 0 Å². The van der Waals surface area contributed by atoms with Crippen LogP contribution in [-0.4, -0.2) is 48.2 Å². The number of carbonyl (C=O) groups excluding carboxylic acids is 2. The number of carbonyl (C=O) groups is 2. The monoisotopic (exact) mass is 732 g/mol. The SMILES string of the molecule is CCn1ccnc1C1C(=O)c2c(cccc2C(=O)OC)NC1c1ccccc1.CCn1ccnc1C1c2n[nH]c(=O)c3cccc(c23)NC1c1ccccc1. The number of hydrogen-bond donors (Lipinski definition) is 3. The number of esters is 1. The smallest absolute Gasteiger partial charge is 0.338 e. The second kappa shape index (κ2) is 14.9. The number of nitrogens with zero attached hydrogens (tertiary/aromatic N) is 5. The average Bonchev–Trinajstić information content (AvgIpc) is 3.92. The third kappa shape index (κ3) is 6.25. The highest BCUT2D eigenvalue weighted by atomic mass is 16.5. The van der Waals surface area contributed by atoms with E-state index in [1.165, 1.54) is 7.11 Å². The molecule has 0 spiro atoms. The van der Waals surface area contributed by atoms with Gasteiger partial charge in [0.05, 0.1) is 47.3 Å². The van der Waals surface area contributed by atoms with Gasteiger partial charge in [0, 0.05) is 54.6 Å². The molecule has 4 atom stereocenters. The highest BCUT2D eigenvalue weighted by Gasteiger charge is 2.42. The van der Waals surface area contributed by atoms with E-state index in [4.69, 9.17) is 4.74 Å². The van der Waals surface area contributed by atoms with Crippen LogP contribution < -0.4 is 16.2 Å². The second-order valence-corrected chi connectivity index (χ2v) is 13.4. The molecule has 0 radical (unpaired) electrons. The predicted molar refractivity (Wildman–Crippen MR) is 210 cm³/mol. The first kappa shape index (κ1) is 35.2. The van der Waals surface area contributed by atoms with Gasteiger partial charge in [-0.1, -0.05) is 72.8 Å². The number of hydrogen-bond acceptors (Lipinski definition) is 9. The number of Topliss-reactive ketones (excluding diaryl/α,β-unsaturated/α-hetero) is 1. The number of anilines is 2. The van der Waals surface area contributed by atoms with Crippen LogP contribution >= 0.6 is 0 Å². The van der Waals surface area contributed by atoms with Crippen LogP contribution in [0.2, 0.25) is 0 Å². The molecule has 0 amide bonds. The van der Waals surface area contributed by atoms with Crippen molar-refractivity contribution in [2.45, 2.75) is 50.9 Å². The van der Waals surface area contributed by atoms with Crippen molar-refractivity contribution in [3.8, 4) is 0 Å². The standard InChI is InChI=1S/C22H21N3O3.C21H19N5O/c1-3-25-13-12-23-21(25)18-19(14-8-5-4-6-9-14)24-16-11-7-10-15(22(27)28-2)17(16)20(18)26;1-2-26-12-11-22-20(26)17-18(13-7-4-3-5-8-13)23-15-10-6-9-14-16(15)19(17)24-25-21(14)27/h4-13,18-19,24H,3H2,1-2H3;3-12,17-18,23H,2H2,1H3,(H,25,27). The Hall–Kier alpha value is -6.82. The van der Waals surface area contributed by atoms with Gasteiger partial charge in [-0.05, 0) is 49.2 Å². The minimum atomic E-state index is -0.560. The average molecular weight is 733 g/mol. The van der Waals surface area contributed by atoms with E-state index < -0.39 is 11.9 Å². The Bertz CT molecular complexity index is 2560. The molecule has 4 unspecified atom stereocenters. The Morgan fingerprint density at radius 1 is 0.709 bits per heavy atom. The van der Waals surface area contributed by atoms with Crippen molar-refractivity contribution in [2.24, 2.45) is 0 Å². The number of benzene rings is 4. The number of ether oxygens (including phenoxy) is 1. The maximum Gasteiger partial charge on any atom is 0.338 e. The number of aromatic nitrogens is 6. The Morgan fingerprint density at radius 2 is 1.27 bits per heavy atom. The van der Waals surface area contributed by atoms with Crippen LogP contribution in [0.1, 0.15) is 87.0 Å². The lowest BCUT2D eigenvalue weighted by Gasteiger charge is -2.34. The summed E-state index contributed by atoms with van der Waals surface area (Å²) in [5.74, 6) is 0.285. The summed E-state index contributed by atoms with van der Waals surface area (Å²) in [6, 6.07) is 30.8. The number of H-pyrrole nitrogens is 1. The maximum atomic E-state index is 13.7. The van der Waals surface area contributed by atoms with Crippen molar-refractivity contribution in [3.63, 3.8) is 0 Å². The van der Waals surface area contributed by atoms with Gasteiger partial charge in [0.25, 0.3) is 5.56 Å². The molecule has 12 heteroatoms. The third-order valence-electron chi connectivity index (χ3n) is 10.5. The molecule has 276 valence electrons. The molecule has 0 fully saturated rings. The normalized spacial score (nSPS) is 18.3.